The third-order valence-electron chi connectivity index (χ3n) is 2.59. The highest BCUT2D eigenvalue weighted by Gasteiger charge is 2.33. The normalized spacial score (nSPS) is 19.6. The molecule has 1 aromatic carbocycles. The minimum Gasteiger partial charge on any atom is -0.315 e. The first kappa shape index (κ1) is 9.32. The van der Waals surface area contributed by atoms with Crippen LogP contribution in [-0.4, -0.2) is 13.1 Å². The molecule has 1 aliphatic rings. The van der Waals surface area contributed by atoms with E-state index >= 15 is 0 Å². The van der Waals surface area contributed by atoms with E-state index in [4.69, 9.17) is 23.2 Å². The molecule has 1 saturated heterocycles. The summed E-state index contributed by atoms with van der Waals surface area (Å²) in [5.74, 6) is 0. The maximum Gasteiger partial charge on any atom is 0.0423 e. The molecule has 0 saturated carbocycles. The Morgan fingerprint density at radius 3 is 2.08 bits per heavy atom. The Hall–Kier alpha value is -0.240. The number of halogens is 2. The minimum atomic E-state index is 0.217. The van der Waals surface area contributed by atoms with Crippen LogP contribution in [0.5, 0.6) is 0 Å². The van der Waals surface area contributed by atoms with Gasteiger partial charge in [0.15, 0.2) is 0 Å². The largest absolute Gasteiger partial charge is 0.315 e. The summed E-state index contributed by atoms with van der Waals surface area (Å²) >= 11 is 11.9. The maximum atomic E-state index is 5.93. The highest BCUT2D eigenvalue weighted by Crippen LogP contribution is 2.31. The van der Waals surface area contributed by atoms with Gasteiger partial charge >= 0.3 is 0 Å². The molecule has 1 heterocycles. The van der Waals surface area contributed by atoms with Crippen molar-refractivity contribution >= 4 is 23.2 Å². The topological polar surface area (TPSA) is 12.0 Å². The van der Waals surface area contributed by atoms with Gasteiger partial charge in [-0.1, -0.05) is 30.1 Å². The quantitative estimate of drug-likeness (QED) is 0.761. The summed E-state index contributed by atoms with van der Waals surface area (Å²) < 4.78 is 0. The number of hydrogen-bond acceptors (Lipinski definition) is 1. The van der Waals surface area contributed by atoms with Crippen LogP contribution in [0.1, 0.15) is 12.5 Å². The highest BCUT2D eigenvalue weighted by atomic mass is 35.5. The van der Waals surface area contributed by atoms with Gasteiger partial charge in [0.1, 0.15) is 0 Å². The van der Waals surface area contributed by atoms with E-state index in [0.29, 0.717) is 0 Å². The lowest BCUT2D eigenvalue weighted by atomic mass is 9.77. The summed E-state index contributed by atoms with van der Waals surface area (Å²) in [5, 5.41) is 4.69. The zero-order chi connectivity index (χ0) is 9.47. The van der Waals surface area contributed by atoms with Crippen LogP contribution in [0.3, 0.4) is 0 Å². The van der Waals surface area contributed by atoms with E-state index in [0.717, 1.165) is 23.1 Å². The van der Waals surface area contributed by atoms with Gasteiger partial charge in [-0.05, 0) is 23.8 Å². The molecule has 0 atom stereocenters. The molecule has 70 valence electrons. The van der Waals surface area contributed by atoms with E-state index in [2.05, 4.69) is 12.2 Å². The smallest absolute Gasteiger partial charge is 0.0423 e. The van der Waals surface area contributed by atoms with Crippen LogP contribution in [0.15, 0.2) is 18.2 Å². The summed E-state index contributed by atoms with van der Waals surface area (Å²) in [6.45, 7) is 4.22. The number of hydrogen-bond donors (Lipinski definition) is 1. The summed E-state index contributed by atoms with van der Waals surface area (Å²) in [7, 11) is 0. The fourth-order valence-corrected chi connectivity index (χ4v) is 2.13. The second kappa shape index (κ2) is 3.16. The van der Waals surface area contributed by atoms with Crippen LogP contribution < -0.4 is 5.32 Å². The van der Waals surface area contributed by atoms with E-state index < -0.39 is 0 Å². The average molecular weight is 216 g/mol. The van der Waals surface area contributed by atoms with Crippen LogP contribution in [0.25, 0.3) is 0 Å². The van der Waals surface area contributed by atoms with E-state index in [1.165, 1.54) is 5.56 Å². The average Bonchev–Trinajstić information content (AvgIpc) is 1.98. The standard InChI is InChI=1S/C10H11Cl2N/c1-10(5-13-6-10)7-2-8(11)4-9(12)3-7/h2-4,13H,5-6H2,1H3. The molecule has 3 heteroatoms. The van der Waals surface area contributed by atoms with Crippen molar-refractivity contribution in [1.82, 2.24) is 5.32 Å². The SMILES string of the molecule is CC1(c2cc(Cl)cc(Cl)c2)CNC1. The molecule has 1 aliphatic heterocycles. The third kappa shape index (κ3) is 1.69. The predicted octanol–water partition coefficient (Wildman–Crippen LogP) is 2.85. The van der Waals surface area contributed by atoms with Crippen molar-refractivity contribution in [2.75, 3.05) is 13.1 Å². The molecule has 1 nitrogen and oxygen atoms in total. The second-order valence-electron chi connectivity index (χ2n) is 3.82. The Kier molecular flexibility index (Phi) is 2.26. The Labute approximate surface area is 88.0 Å². The number of rotatable bonds is 1. The summed E-state index contributed by atoms with van der Waals surface area (Å²) in [4.78, 5) is 0. The Morgan fingerprint density at radius 2 is 1.69 bits per heavy atom. The molecule has 1 N–H and O–H groups in total. The van der Waals surface area contributed by atoms with Crippen LogP contribution in [0.2, 0.25) is 10.0 Å². The molecular formula is C10H11Cl2N. The lowest BCUT2D eigenvalue weighted by molar-refractivity contribution is 0.305. The van der Waals surface area contributed by atoms with Crippen LogP contribution >= 0.6 is 23.2 Å². The van der Waals surface area contributed by atoms with E-state index in [-0.39, 0.29) is 5.41 Å². The first-order valence-electron chi connectivity index (χ1n) is 4.27. The number of benzene rings is 1. The van der Waals surface area contributed by atoms with Gasteiger partial charge in [-0.15, -0.1) is 0 Å². The van der Waals surface area contributed by atoms with Gasteiger partial charge in [-0.3, -0.25) is 0 Å². The molecule has 2 rings (SSSR count). The molecule has 0 spiro atoms. The van der Waals surface area contributed by atoms with Gasteiger partial charge in [-0.25, -0.2) is 0 Å². The molecular weight excluding hydrogens is 205 g/mol. The van der Waals surface area contributed by atoms with Crippen LogP contribution in [0, 0.1) is 0 Å². The molecule has 1 aromatic rings. The zero-order valence-corrected chi connectivity index (χ0v) is 8.91. The van der Waals surface area contributed by atoms with Crippen molar-refractivity contribution in [2.24, 2.45) is 0 Å². The van der Waals surface area contributed by atoms with Gasteiger partial charge in [-0.2, -0.15) is 0 Å². The molecule has 0 aliphatic carbocycles. The lowest BCUT2D eigenvalue weighted by Crippen LogP contribution is -2.54. The zero-order valence-electron chi connectivity index (χ0n) is 7.40. The highest BCUT2D eigenvalue weighted by molar-refractivity contribution is 6.34. The van der Waals surface area contributed by atoms with Crippen molar-refractivity contribution in [3.05, 3.63) is 33.8 Å². The van der Waals surface area contributed by atoms with Crippen molar-refractivity contribution in [3.8, 4) is 0 Å². The van der Waals surface area contributed by atoms with Gasteiger partial charge in [0.2, 0.25) is 0 Å². The van der Waals surface area contributed by atoms with Crippen molar-refractivity contribution in [2.45, 2.75) is 12.3 Å². The van der Waals surface area contributed by atoms with Crippen molar-refractivity contribution < 1.29 is 0 Å². The molecule has 13 heavy (non-hydrogen) atoms. The van der Waals surface area contributed by atoms with Crippen molar-refractivity contribution in [1.29, 1.82) is 0 Å². The third-order valence-corrected chi connectivity index (χ3v) is 3.03. The molecule has 1 fully saturated rings. The summed E-state index contributed by atoms with van der Waals surface area (Å²) in [6.07, 6.45) is 0. The predicted molar refractivity (Wildman–Crippen MR) is 56.7 cm³/mol. The fraction of sp³-hybridized carbons (Fsp3) is 0.400. The second-order valence-corrected chi connectivity index (χ2v) is 4.70. The van der Waals surface area contributed by atoms with E-state index in [1.54, 1.807) is 6.07 Å². The van der Waals surface area contributed by atoms with Gasteiger partial charge < -0.3 is 5.32 Å². The van der Waals surface area contributed by atoms with Crippen LogP contribution in [0.4, 0.5) is 0 Å². The van der Waals surface area contributed by atoms with E-state index in [9.17, 15) is 0 Å². The van der Waals surface area contributed by atoms with Gasteiger partial charge in [0.05, 0.1) is 0 Å². The fourth-order valence-electron chi connectivity index (χ4n) is 1.61. The molecule has 0 radical (unpaired) electrons. The Balaban J connectivity index is 2.39. The Bertz CT molecular complexity index is 311. The lowest BCUT2D eigenvalue weighted by Gasteiger charge is -2.40. The van der Waals surface area contributed by atoms with Gasteiger partial charge in [0, 0.05) is 28.5 Å². The Morgan fingerprint density at radius 1 is 1.15 bits per heavy atom. The van der Waals surface area contributed by atoms with Crippen molar-refractivity contribution in [3.63, 3.8) is 0 Å². The molecule has 0 bridgehead atoms. The molecule has 0 unspecified atom stereocenters. The minimum absolute atomic E-state index is 0.217. The maximum absolute atomic E-state index is 5.93. The van der Waals surface area contributed by atoms with Crippen LogP contribution in [-0.2, 0) is 5.41 Å². The molecule has 0 amide bonds. The first-order chi connectivity index (χ1) is 6.10. The number of nitrogens with one attached hydrogen (secondary N) is 1. The summed E-state index contributed by atoms with van der Waals surface area (Å²) in [6, 6.07) is 5.75. The molecule has 0 aromatic heterocycles. The van der Waals surface area contributed by atoms with E-state index in [1.807, 2.05) is 12.1 Å². The monoisotopic (exact) mass is 215 g/mol. The first-order valence-corrected chi connectivity index (χ1v) is 5.03. The van der Waals surface area contributed by atoms with Gasteiger partial charge in [0.25, 0.3) is 0 Å². The summed E-state index contributed by atoms with van der Waals surface area (Å²) in [5.41, 5.74) is 1.44.